The minimum atomic E-state index is -3.02. The first-order chi connectivity index (χ1) is 15.0. The normalized spacial score (nSPS) is 16.3. The molecule has 1 N–H and O–H groups in total. The molecule has 1 saturated heterocycles. The topological polar surface area (TPSA) is 67.9 Å². The van der Waals surface area contributed by atoms with E-state index in [1.165, 1.54) is 23.1 Å². The van der Waals surface area contributed by atoms with Crippen LogP contribution in [0.4, 0.5) is 8.78 Å². The summed E-state index contributed by atoms with van der Waals surface area (Å²) >= 11 is 0. The van der Waals surface area contributed by atoms with Gasteiger partial charge in [0.05, 0.1) is 18.1 Å². The molecule has 1 atom stereocenters. The van der Waals surface area contributed by atoms with Gasteiger partial charge < -0.3 is 19.7 Å². The number of carbonyl (C=O) groups is 2. The number of alkyl halides is 2. The summed E-state index contributed by atoms with van der Waals surface area (Å²) in [5, 5.41) is 2.93. The van der Waals surface area contributed by atoms with E-state index < -0.39 is 12.5 Å². The highest BCUT2D eigenvalue weighted by atomic mass is 19.3. The van der Waals surface area contributed by atoms with Crippen LogP contribution in [-0.2, 0) is 22.7 Å². The summed E-state index contributed by atoms with van der Waals surface area (Å²) in [6.07, 6.45) is 1.32. The maximum atomic E-state index is 12.9. The maximum Gasteiger partial charge on any atom is 0.387 e. The van der Waals surface area contributed by atoms with E-state index in [0.717, 1.165) is 11.1 Å². The third-order valence-electron chi connectivity index (χ3n) is 5.18. The molecule has 2 aromatic rings. The largest absolute Gasteiger partial charge is 0.434 e. The van der Waals surface area contributed by atoms with Crippen molar-refractivity contribution < 1.29 is 27.8 Å². The smallest absolute Gasteiger partial charge is 0.387 e. The third kappa shape index (κ3) is 6.24. The predicted molar refractivity (Wildman–Crippen MR) is 111 cm³/mol. The molecular weight excluding hydrogens is 406 g/mol. The molecule has 2 amide bonds. The molecule has 0 aromatic heterocycles. The quantitative estimate of drug-likeness (QED) is 0.692. The number of para-hydroxylation sites is 1. The van der Waals surface area contributed by atoms with Gasteiger partial charge in [-0.3, -0.25) is 9.59 Å². The lowest BCUT2D eigenvalue weighted by Crippen LogP contribution is -2.45. The molecule has 166 valence electrons. The van der Waals surface area contributed by atoms with E-state index in [1.54, 1.807) is 13.2 Å². The number of methoxy groups -OCH3 is 1. The van der Waals surface area contributed by atoms with E-state index in [1.807, 2.05) is 24.3 Å². The van der Waals surface area contributed by atoms with Crippen LogP contribution in [0.2, 0.25) is 0 Å². The van der Waals surface area contributed by atoms with E-state index in [0.29, 0.717) is 32.5 Å². The average molecular weight is 432 g/mol. The summed E-state index contributed by atoms with van der Waals surface area (Å²) in [5.74, 6) is -1.07. The van der Waals surface area contributed by atoms with Gasteiger partial charge in [-0.25, -0.2) is 0 Å². The molecule has 31 heavy (non-hydrogen) atoms. The second kappa shape index (κ2) is 10.9. The van der Waals surface area contributed by atoms with Gasteiger partial charge >= 0.3 is 6.61 Å². The van der Waals surface area contributed by atoms with Crippen LogP contribution in [0.25, 0.3) is 0 Å². The molecule has 0 aliphatic carbocycles. The number of piperidine rings is 1. The van der Waals surface area contributed by atoms with E-state index in [-0.39, 0.29) is 29.7 Å². The van der Waals surface area contributed by atoms with Crippen LogP contribution >= 0.6 is 0 Å². The van der Waals surface area contributed by atoms with Gasteiger partial charge in [-0.1, -0.05) is 36.4 Å². The Labute approximate surface area is 180 Å². The Morgan fingerprint density at radius 2 is 1.94 bits per heavy atom. The molecule has 1 unspecified atom stereocenters. The Morgan fingerprint density at radius 1 is 1.16 bits per heavy atom. The van der Waals surface area contributed by atoms with Crippen LogP contribution in [0, 0.1) is 5.92 Å². The Morgan fingerprint density at radius 3 is 2.71 bits per heavy atom. The molecule has 8 heteroatoms. The Bertz CT molecular complexity index is 907. The zero-order chi connectivity index (χ0) is 22.2. The van der Waals surface area contributed by atoms with Gasteiger partial charge in [0.2, 0.25) is 5.91 Å². The molecule has 0 radical (unpaired) electrons. The van der Waals surface area contributed by atoms with Crippen molar-refractivity contribution in [2.45, 2.75) is 32.6 Å². The SMILES string of the molecule is COCc1cccc(CNC(=O)C2CCCN(C(=O)c3ccccc3OC(F)F)C2)c1. The van der Waals surface area contributed by atoms with Crippen molar-refractivity contribution in [1.29, 1.82) is 0 Å². The number of hydrogen-bond donors (Lipinski definition) is 1. The summed E-state index contributed by atoms with van der Waals surface area (Å²) < 4.78 is 34.9. The fraction of sp³-hybridized carbons (Fsp3) is 0.391. The van der Waals surface area contributed by atoms with Crippen LogP contribution < -0.4 is 10.1 Å². The van der Waals surface area contributed by atoms with E-state index in [2.05, 4.69) is 10.1 Å². The number of amides is 2. The average Bonchev–Trinajstić information content (AvgIpc) is 2.77. The minimum Gasteiger partial charge on any atom is -0.434 e. The van der Waals surface area contributed by atoms with Crippen molar-refractivity contribution in [3.63, 3.8) is 0 Å². The molecule has 0 saturated carbocycles. The van der Waals surface area contributed by atoms with Crippen molar-refractivity contribution >= 4 is 11.8 Å². The molecule has 1 aliphatic rings. The number of benzene rings is 2. The van der Waals surface area contributed by atoms with Gasteiger partial charge in [0.15, 0.2) is 0 Å². The standard InChI is InChI=1S/C23H26F2N2O4/c1-30-15-17-7-4-6-16(12-17)13-26-21(28)18-8-5-11-27(14-18)22(29)19-9-2-3-10-20(19)31-23(24)25/h2-4,6-7,9-10,12,18,23H,5,8,11,13-15H2,1H3,(H,26,28). The van der Waals surface area contributed by atoms with Crippen LogP contribution in [0.5, 0.6) is 5.75 Å². The van der Waals surface area contributed by atoms with Gasteiger partial charge in [0.1, 0.15) is 5.75 Å². The highest BCUT2D eigenvalue weighted by Crippen LogP contribution is 2.25. The second-order valence-electron chi connectivity index (χ2n) is 7.44. The first-order valence-electron chi connectivity index (χ1n) is 10.2. The zero-order valence-electron chi connectivity index (χ0n) is 17.4. The van der Waals surface area contributed by atoms with Crippen LogP contribution in [0.1, 0.15) is 34.3 Å². The summed E-state index contributed by atoms with van der Waals surface area (Å²) in [5.41, 5.74) is 2.05. The second-order valence-corrected chi connectivity index (χ2v) is 7.44. The zero-order valence-corrected chi connectivity index (χ0v) is 17.4. The number of nitrogens with one attached hydrogen (secondary N) is 1. The van der Waals surface area contributed by atoms with Gasteiger partial charge in [-0.05, 0) is 36.1 Å². The molecule has 1 heterocycles. The number of likely N-dealkylation sites (tertiary alicyclic amines) is 1. The lowest BCUT2D eigenvalue weighted by molar-refractivity contribution is -0.126. The monoisotopic (exact) mass is 432 g/mol. The molecule has 6 nitrogen and oxygen atoms in total. The molecule has 0 bridgehead atoms. The molecule has 3 rings (SSSR count). The molecular formula is C23H26F2N2O4. The first kappa shape index (κ1) is 22.7. The van der Waals surface area contributed by atoms with Crippen LogP contribution in [-0.4, -0.2) is 43.5 Å². The number of halogens is 2. The maximum absolute atomic E-state index is 12.9. The molecule has 0 spiro atoms. The molecule has 2 aromatic carbocycles. The van der Waals surface area contributed by atoms with Crippen molar-refractivity contribution in [3.05, 3.63) is 65.2 Å². The number of hydrogen-bond acceptors (Lipinski definition) is 4. The third-order valence-corrected chi connectivity index (χ3v) is 5.18. The lowest BCUT2D eigenvalue weighted by atomic mass is 9.96. The van der Waals surface area contributed by atoms with Gasteiger partial charge in [0.25, 0.3) is 5.91 Å². The van der Waals surface area contributed by atoms with Crippen molar-refractivity contribution in [2.75, 3.05) is 20.2 Å². The number of rotatable bonds is 8. The Kier molecular flexibility index (Phi) is 7.94. The van der Waals surface area contributed by atoms with Crippen molar-refractivity contribution in [1.82, 2.24) is 10.2 Å². The van der Waals surface area contributed by atoms with E-state index in [9.17, 15) is 18.4 Å². The van der Waals surface area contributed by atoms with Crippen molar-refractivity contribution in [2.24, 2.45) is 5.92 Å². The van der Waals surface area contributed by atoms with E-state index >= 15 is 0 Å². The number of ether oxygens (including phenoxy) is 2. The Hall–Kier alpha value is -3.00. The lowest BCUT2D eigenvalue weighted by Gasteiger charge is -2.32. The summed E-state index contributed by atoms with van der Waals surface area (Å²) in [4.78, 5) is 27.1. The molecule has 1 fully saturated rings. The van der Waals surface area contributed by atoms with E-state index in [4.69, 9.17) is 4.74 Å². The molecule has 1 aliphatic heterocycles. The van der Waals surface area contributed by atoms with Gasteiger partial charge in [-0.2, -0.15) is 8.78 Å². The number of carbonyl (C=O) groups excluding carboxylic acids is 2. The minimum absolute atomic E-state index is 0.0683. The summed E-state index contributed by atoms with van der Waals surface area (Å²) in [7, 11) is 1.63. The van der Waals surface area contributed by atoms with Crippen LogP contribution in [0.15, 0.2) is 48.5 Å². The highest BCUT2D eigenvalue weighted by molar-refractivity contribution is 5.97. The number of nitrogens with zero attached hydrogens (tertiary/aromatic N) is 1. The first-order valence-corrected chi connectivity index (χ1v) is 10.2. The predicted octanol–water partition coefficient (Wildman–Crippen LogP) is 3.60. The van der Waals surface area contributed by atoms with Crippen molar-refractivity contribution in [3.8, 4) is 5.75 Å². The fourth-order valence-electron chi connectivity index (χ4n) is 3.72. The summed E-state index contributed by atoms with van der Waals surface area (Å²) in [6, 6.07) is 13.7. The van der Waals surface area contributed by atoms with Gasteiger partial charge in [0, 0.05) is 26.7 Å². The van der Waals surface area contributed by atoms with Crippen LogP contribution in [0.3, 0.4) is 0 Å². The highest BCUT2D eigenvalue weighted by Gasteiger charge is 2.30. The summed E-state index contributed by atoms with van der Waals surface area (Å²) in [6.45, 7) is -1.44. The van der Waals surface area contributed by atoms with Gasteiger partial charge in [-0.15, -0.1) is 0 Å². The fourth-order valence-corrected chi connectivity index (χ4v) is 3.72. The Balaban J connectivity index is 1.60.